The van der Waals surface area contributed by atoms with Crippen molar-refractivity contribution in [2.45, 2.75) is 52.4 Å². The highest BCUT2D eigenvalue weighted by atomic mass is 15.1. The molecule has 426 valence electrons. The fourth-order valence-electron chi connectivity index (χ4n) is 14.8. The number of benzene rings is 13. The molecular weight excluding hydrogens is 1070 g/mol. The third-order valence-electron chi connectivity index (χ3n) is 19.2. The maximum absolute atomic E-state index is 2.53. The summed E-state index contributed by atoms with van der Waals surface area (Å²) in [5, 5.41) is 2.47. The Labute approximate surface area is 522 Å². The Hall–Kier alpha value is -10.7. The molecule has 0 bridgehead atoms. The van der Waals surface area contributed by atoms with Crippen LogP contribution in [0.2, 0.25) is 0 Å². The van der Waals surface area contributed by atoms with Gasteiger partial charge in [-0.15, -0.1) is 0 Å². The lowest BCUT2D eigenvalue weighted by Crippen LogP contribution is -2.16. The minimum atomic E-state index is -0.142. The number of para-hydroxylation sites is 1. The smallest absolute Gasteiger partial charge is 0.0619 e. The lowest BCUT2D eigenvalue weighted by molar-refractivity contribution is 0.660. The van der Waals surface area contributed by atoms with E-state index in [0.717, 1.165) is 50.9 Å². The van der Waals surface area contributed by atoms with E-state index in [2.05, 4.69) is 353 Å². The Morgan fingerprint density at radius 1 is 0.247 bits per heavy atom. The molecule has 14 aromatic rings. The van der Waals surface area contributed by atoms with Gasteiger partial charge in [-0.2, -0.15) is 0 Å². The summed E-state index contributed by atoms with van der Waals surface area (Å²) in [4.78, 5) is 4.86. The second-order valence-corrected chi connectivity index (χ2v) is 25.5. The zero-order chi connectivity index (χ0) is 60.1. The van der Waals surface area contributed by atoms with Crippen LogP contribution < -0.4 is 9.80 Å². The summed E-state index contributed by atoms with van der Waals surface area (Å²) in [6.07, 6.45) is 0. The first kappa shape index (κ1) is 53.7. The Bertz CT molecular complexity index is 4730. The first-order valence-electron chi connectivity index (χ1n) is 31.2. The van der Waals surface area contributed by atoms with Gasteiger partial charge in [0.25, 0.3) is 0 Å². The zero-order valence-electron chi connectivity index (χ0n) is 51.1. The van der Waals surface area contributed by atoms with Crippen LogP contribution in [-0.4, -0.2) is 4.57 Å². The lowest BCUT2D eigenvalue weighted by atomic mass is 9.82. The van der Waals surface area contributed by atoms with Crippen LogP contribution in [0.1, 0.15) is 61.1 Å². The van der Waals surface area contributed by atoms with Gasteiger partial charge in [0.05, 0.1) is 11.0 Å². The van der Waals surface area contributed by atoms with Crippen molar-refractivity contribution in [2.24, 2.45) is 0 Å². The fraction of sp³-hybridized carbons (Fsp3) is 0.0930. The Morgan fingerprint density at radius 3 is 0.933 bits per heavy atom. The van der Waals surface area contributed by atoms with E-state index in [1.54, 1.807) is 0 Å². The summed E-state index contributed by atoms with van der Waals surface area (Å²) in [6, 6.07) is 111. The fourth-order valence-corrected chi connectivity index (χ4v) is 14.8. The molecule has 0 radical (unpaired) electrons. The van der Waals surface area contributed by atoms with Gasteiger partial charge in [0.15, 0.2) is 0 Å². The summed E-state index contributed by atoms with van der Waals surface area (Å²) in [5.41, 5.74) is 32.5. The summed E-state index contributed by atoms with van der Waals surface area (Å²) >= 11 is 0. The second kappa shape index (κ2) is 21.0. The van der Waals surface area contributed by atoms with Gasteiger partial charge in [0.1, 0.15) is 0 Å². The zero-order valence-corrected chi connectivity index (χ0v) is 51.1. The topological polar surface area (TPSA) is 11.4 Å². The number of aryl methyl sites for hydroxylation is 2. The number of aromatic nitrogens is 1. The van der Waals surface area contributed by atoms with Gasteiger partial charge in [-0.05, 0) is 212 Å². The van der Waals surface area contributed by atoms with Crippen LogP contribution >= 0.6 is 0 Å². The largest absolute Gasteiger partial charge is 0.310 e. The average Bonchev–Trinajstić information content (AvgIpc) is 1.84. The van der Waals surface area contributed by atoms with Gasteiger partial charge in [-0.25, -0.2) is 0 Å². The average molecular weight is 1140 g/mol. The van der Waals surface area contributed by atoms with Crippen LogP contribution in [0.4, 0.5) is 34.1 Å². The molecule has 13 aromatic carbocycles. The van der Waals surface area contributed by atoms with Crippen molar-refractivity contribution in [2.75, 3.05) is 9.80 Å². The molecule has 1 heterocycles. The van der Waals surface area contributed by atoms with Crippen molar-refractivity contribution in [1.29, 1.82) is 0 Å². The van der Waals surface area contributed by atoms with Crippen molar-refractivity contribution < 1.29 is 0 Å². The third kappa shape index (κ3) is 8.94. The molecule has 0 unspecified atom stereocenters. The number of hydrogen-bond acceptors (Lipinski definition) is 2. The van der Waals surface area contributed by atoms with Crippen LogP contribution in [0.5, 0.6) is 0 Å². The molecule has 0 amide bonds. The molecule has 0 N–H and O–H groups in total. The van der Waals surface area contributed by atoms with E-state index in [9.17, 15) is 0 Å². The molecule has 2 aliphatic carbocycles. The third-order valence-corrected chi connectivity index (χ3v) is 19.2. The maximum atomic E-state index is 2.53. The van der Waals surface area contributed by atoms with Crippen molar-refractivity contribution in [3.05, 3.63) is 331 Å². The van der Waals surface area contributed by atoms with E-state index in [1.807, 2.05) is 0 Å². The van der Waals surface area contributed by atoms with Gasteiger partial charge >= 0.3 is 0 Å². The number of nitrogens with zero attached hydrogens (tertiary/aromatic N) is 3. The monoisotopic (exact) mass is 1140 g/mol. The minimum Gasteiger partial charge on any atom is -0.310 e. The molecule has 2 aliphatic rings. The standard InChI is InChI=1S/C86H67N3/c1-56-50-75(62-34-42-67(43-35-62)87(65-38-30-60(31-39-65)58-20-10-7-11-21-58)69-46-48-73-71-26-16-18-28-79(71)85(3,4)81(73)54-69)83-77(52-56)78-53-57(2)51-76(84(78)89(83)64-24-14-9-15-25-64)63-36-44-68(45-37-63)88(66-40-32-61(33-41-66)59-22-12-8-13-23-59)70-47-49-74-72-27-17-19-29-80(72)86(5,6)82(74)55-70/h7-55H,1-6H3. The quantitative estimate of drug-likeness (QED) is 0.128. The molecule has 16 rings (SSSR count). The molecule has 89 heavy (non-hydrogen) atoms. The molecule has 1 aromatic heterocycles. The highest BCUT2D eigenvalue weighted by molar-refractivity contribution is 6.18. The number of hydrogen-bond donors (Lipinski definition) is 0. The minimum absolute atomic E-state index is 0.142. The number of anilines is 6. The molecular formula is C86H67N3. The molecule has 0 spiro atoms. The van der Waals surface area contributed by atoms with Gasteiger partial charge in [0.2, 0.25) is 0 Å². The Morgan fingerprint density at radius 2 is 0.551 bits per heavy atom. The van der Waals surface area contributed by atoms with Gasteiger partial charge in [-0.1, -0.05) is 216 Å². The van der Waals surface area contributed by atoms with Crippen molar-refractivity contribution in [3.8, 4) is 72.4 Å². The van der Waals surface area contributed by atoms with E-state index >= 15 is 0 Å². The maximum Gasteiger partial charge on any atom is 0.0619 e. The normalized spacial score (nSPS) is 13.2. The molecule has 0 saturated heterocycles. The number of fused-ring (bicyclic) bond motifs is 9. The van der Waals surface area contributed by atoms with E-state index in [0.29, 0.717) is 0 Å². The Kier molecular flexibility index (Phi) is 12.7. The van der Waals surface area contributed by atoms with E-state index in [4.69, 9.17) is 0 Å². The van der Waals surface area contributed by atoms with E-state index in [-0.39, 0.29) is 10.8 Å². The SMILES string of the molecule is Cc1cc(-c2ccc(N(c3ccc(-c4ccccc4)cc3)c3ccc4c(c3)C(C)(C)c3ccccc3-4)cc2)c2c(c1)c1cc(C)cc(-c3ccc(N(c4ccc(-c5ccccc5)cc4)c4ccc5c(c4)C(C)(C)c4ccccc4-5)cc3)c1n2-c1ccccc1. The first-order chi connectivity index (χ1) is 43.5. The Balaban J connectivity index is 0.822. The van der Waals surface area contributed by atoms with Gasteiger partial charge < -0.3 is 14.4 Å². The predicted molar refractivity (Wildman–Crippen MR) is 376 cm³/mol. The predicted octanol–water partition coefficient (Wildman–Crippen LogP) is 23.6. The van der Waals surface area contributed by atoms with E-state index in [1.165, 1.54) is 111 Å². The van der Waals surface area contributed by atoms with Crippen LogP contribution in [0.3, 0.4) is 0 Å². The van der Waals surface area contributed by atoms with Crippen LogP contribution in [0.15, 0.2) is 297 Å². The number of rotatable bonds is 11. The van der Waals surface area contributed by atoms with Gasteiger partial charge in [0, 0.05) is 72.5 Å². The summed E-state index contributed by atoms with van der Waals surface area (Å²) in [6.45, 7) is 13.9. The van der Waals surface area contributed by atoms with Crippen LogP contribution in [0.25, 0.3) is 94.3 Å². The van der Waals surface area contributed by atoms with Crippen molar-refractivity contribution in [1.82, 2.24) is 4.57 Å². The highest BCUT2D eigenvalue weighted by Crippen LogP contribution is 2.53. The van der Waals surface area contributed by atoms with Crippen LogP contribution in [-0.2, 0) is 10.8 Å². The molecule has 0 fully saturated rings. The van der Waals surface area contributed by atoms with Gasteiger partial charge in [-0.3, -0.25) is 0 Å². The van der Waals surface area contributed by atoms with Crippen molar-refractivity contribution in [3.63, 3.8) is 0 Å². The molecule has 3 heteroatoms. The molecule has 0 saturated carbocycles. The molecule has 3 nitrogen and oxygen atoms in total. The highest BCUT2D eigenvalue weighted by Gasteiger charge is 2.37. The molecule has 0 aliphatic heterocycles. The summed E-state index contributed by atoms with van der Waals surface area (Å²) in [7, 11) is 0. The van der Waals surface area contributed by atoms with Crippen molar-refractivity contribution >= 4 is 55.9 Å². The first-order valence-corrected chi connectivity index (χ1v) is 31.2. The second-order valence-electron chi connectivity index (χ2n) is 25.5. The summed E-state index contributed by atoms with van der Waals surface area (Å²) < 4.78 is 2.53. The molecule has 0 atom stereocenters. The summed E-state index contributed by atoms with van der Waals surface area (Å²) in [5.74, 6) is 0. The van der Waals surface area contributed by atoms with E-state index < -0.39 is 0 Å². The lowest BCUT2D eigenvalue weighted by Gasteiger charge is -2.28. The van der Waals surface area contributed by atoms with Crippen LogP contribution in [0, 0.1) is 13.8 Å².